The van der Waals surface area contributed by atoms with E-state index in [-0.39, 0.29) is 0 Å². The summed E-state index contributed by atoms with van der Waals surface area (Å²) in [4.78, 5) is 4.39. The zero-order chi connectivity index (χ0) is 17.7. The second-order valence-corrected chi connectivity index (χ2v) is 7.15. The highest BCUT2D eigenvalue weighted by Gasteiger charge is 2.22. The minimum Gasteiger partial charge on any atom is -0.437 e. The number of pyridine rings is 2. The van der Waals surface area contributed by atoms with Gasteiger partial charge in [-0.15, -0.1) is 0 Å². The SMILES string of the molecule is Cc1c[n+](C)c(-c2c(C)ccc3c2oc2ncccc23)cc1C(C)C. The maximum atomic E-state index is 6.18. The highest BCUT2D eigenvalue weighted by Crippen LogP contribution is 2.36. The Morgan fingerprint density at radius 1 is 1.04 bits per heavy atom. The number of aromatic nitrogens is 2. The molecule has 0 N–H and O–H groups in total. The number of benzene rings is 1. The van der Waals surface area contributed by atoms with Crippen LogP contribution in [0.4, 0.5) is 0 Å². The van der Waals surface area contributed by atoms with E-state index in [1.165, 1.54) is 22.4 Å². The molecule has 1 aromatic carbocycles. The minimum absolute atomic E-state index is 0.483. The normalized spacial score (nSPS) is 11.8. The van der Waals surface area contributed by atoms with Gasteiger partial charge in [0.2, 0.25) is 11.4 Å². The standard InChI is InChI=1S/C22H23N2O/c1-13(2)18-11-19(24(5)12-15(18)4)20-14(3)8-9-16-17-7-6-10-23-22(17)25-21(16)20/h6-13H,1-5H3/q+1. The van der Waals surface area contributed by atoms with Crippen molar-refractivity contribution in [3.05, 3.63) is 59.4 Å². The molecule has 0 atom stereocenters. The van der Waals surface area contributed by atoms with Crippen LogP contribution in [0.3, 0.4) is 0 Å². The third kappa shape index (κ3) is 2.42. The molecule has 0 aliphatic heterocycles. The predicted molar refractivity (Wildman–Crippen MR) is 102 cm³/mol. The molecule has 0 amide bonds. The molecule has 3 heterocycles. The van der Waals surface area contributed by atoms with Gasteiger partial charge in [0.05, 0.1) is 5.56 Å². The van der Waals surface area contributed by atoms with Crippen LogP contribution in [-0.4, -0.2) is 4.98 Å². The molecule has 0 fully saturated rings. The molecule has 126 valence electrons. The van der Waals surface area contributed by atoms with Crippen molar-refractivity contribution in [3.8, 4) is 11.3 Å². The number of furan rings is 1. The first-order valence-corrected chi connectivity index (χ1v) is 8.74. The summed E-state index contributed by atoms with van der Waals surface area (Å²) in [6.45, 7) is 8.80. The lowest BCUT2D eigenvalue weighted by Crippen LogP contribution is -2.32. The number of aryl methyl sites for hydroxylation is 3. The average molecular weight is 331 g/mol. The fraction of sp³-hybridized carbons (Fsp3) is 0.273. The Labute approximate surface area is 147 Å². The molecule has 25 heavy (non-hydrogen) atoms. The monoisotopic (exact) mass is 331 g/mol. The zero-order valence-corrected chi connectivity index (χ0v) is 15.4. The Balaban J connectivity index is 2.11. The van der Waals surface area contributed by atoms with E-state index in [1.54, 1.807) is 6.20 Å². The molecule has 0 aliphatic carbocycles. The molecule has 0 radical (unpaired) electrons. The molecule has 0 unspecified atom stereocenters. The lowest BCUT2D eigenvalue weighted by molar-refractivity contribution is -0.660. The Bertz CT molecular complexity index is 1110. The van der Waals surface area contributed by atoms with Crippen LogP contribution in [0.5, 0.6) is 0 Å². The van der Waals surface area contributed by atoms with E-state index in [0.29, 0.717) is 11.6 Å². The van der Waals surface area contributed by atoms with Crippen molar-refractivity contribution in [1.29, 1.82) is 0 Å². The summed E-state index contributed by atoms with van der Waals surface area (Å²) in [5.74, 6) is 0.483. The van der Waals surface area contributed by atoms with Crippen molar-refractivity contribution in [3.63, 3.8) is 0 Å². The molecule has 0 aliphatic rings. The topological polar surface area (TPSA) is 29.9 Å². The maximum Gasteiger partial charge on any atom is 0.227 e. The first-order valence-electron chi connectivity index (χ1n) is 8.74. The molecule has 3 aromatic heterocycles. The van der Waals surface area contributed by atoms with Gasteiger partial charge in [0, 0.05) is 28.6 Å². The molecule has 0 spiro atoms. The van der Waals surface area contributed by atoms with E-state index in [9.17, 15) is 0 Å². The summed E-state index contributed by atoms with van der Waals surface area (Å²) in [6.07, 6.45) is 3.99. The van der Waals surface area contributed by atoms with E-state index in [1.807, 2.05) is 6.07 Å². The van der Waals surface area contributed by atoms with Crippen LogP contribution in [0.15, 0.2) is 47.1 Å². The molecule has 4 rings (SSSR count). The largest absolute Gasteiger partial charge is 0.437 e. The summed E-state index contributed by atoms with van der Waals surface area (Å²) >= 11 is 0. The van der Waals surface area contributed by atoms with Gasteiger partial charge in [0.15, 0.2) is 11.8 Å². The lowest BCUT2D eigenvalue weighted by Gasteiger charge is -2.12. The highest BCUT2D eigenvalue weighted by molar-refractivity contribution is 6.08. The number of rotatable bonds is 2. The molecule has 3 heteroatoms. The summed E-state index contributed by atoms with van der Waals surface area (Å²) in [5, 5.41) is 2.19. The van der Waals surface area contributed by atoms with Crippen LogP contribution in [0, 0.1) is 13.8 Å². The van der Waals surface area contributed by atoms with Crippen molar-refractivity contribution in [2.45, 2.75) is 33.6 Å². The lowest BCUT2D eigenvalue weighted by atomic mass is 9.94. The summed E-state index contributed by atoms with van der Waals surface area (Å²) < 4.78 is 8.38. The molecular weight excluding hydrogens is 308 g/mol. The quantitative estimate of drug-likeness (QED) is 0.472. The van der Waals surface area contributed by atoms with Crippen molar-refractivity contribution >= 4 is 22.1 Å². The Morgan fingerprint density at radius 2 is 1.84 bits per heavy atom. The molecule has 3 nitrogen and oxygen atoms in total. The molecule has 0 saturated heterocycles. The Morgan fingerprint density at radius 3 is 2.60 bits per heavy atom. The first-order chi connectivity index (χ1) is 12.0. The molecule has 0 saturated carbocycles. The molecular formula is C22H23N2O+. The predicted octanol–water partition coefficient (Wildman–Crippen LogP) is 5.21. The van der Waals surface area contributed by atoms with Gasteiger partial charge >= 0.3 is 0 Å². The van der Waals surface area contributed by atoms with E-state index in [4.69, 9.17) is 4.42 Å². The van der Waals surface area contributed by atoms with Crippen LogP contribution in [-0.2, 0) is 7.05 Å². The van der Waals surface area contributed by atoms with Crippen molar-refractivity contribution < 1.29 is 8.98 Å². The van der Waals surface area contributed by atoms with E-state index in [2.05, 4.69) is 74.8 Å². The van der Waals surface area contributed by atoms with Gasteiger partial charge in [0.25, 0.3) is 0 Å². The van der Waals surface area contributed by atoms with E-state index < -0.39 is 0 Å². The van der Waals surface area contributed by atoms with Crippen molar-refractivity contribution in [1.82, 2.24) is 4.98 Å². The third-order valence-electron chi connectivity index (χ3n) is 5.02. The van der Waals surface area contributed by atoms with Gasteiger partial charge in [0.1, 0.15) is 7.05 Å². The van der Waals surface area contributed by atoms with Gasteiger partial charge in [-0.3, -0.25) is 0 Å². The van der Waals surface area contributed by atoms with Gasteiger partial charge in [-0.25, -0.2) is 9.55 Å². The number of hydrogen-bond donors (Lipinski definition) is 0. The van der Waals surface area contributed by atoms with Crippen LogP contribution in [0.2, 0.25) is 0 Å². The van der Waals surface area contributed by atoms with Crippen LogP contribution < -0.4 is 4.57 Å². The van der Waals surface area contributed by atoms with E-state index >= 15 is 0 Å². The van der Waals surface area contributed by atoms with Gasteiger partial charge in [-0.1, -0.05) is 26.0 Å². The van der Waals surface area contributed by atoms with Crippen LogP contribution in [0.1, 0.15) is 36.5 Å². The minimum atomic E-state index is 0.483. The summed E-state index contributed by atoms with van der Waals surface area (Å²) in [5.41, 5.74) is 7.85. The van der Waals surface area contributed by atoms with Crippen LogP contribution >= 0.6 is 0 Å². The molecule has 4 aromatic rings. The summed E-state index contributed by atoms with van der Waals surface area (Å²) in [6, 6.07) is 10.7. The van der Waals surface area contributed by atoms with Gasteiger partial charge in [-0.2, -0.15) is 0 Å². The number of hydrogen-bond acceptors (Lipinski definition) is 2. The highest BCUT2D eigenvalue weighted by atomic mass is 16.3. The maximum absolute atomic E-state index is 6.18. The van der Waals surface area contributed by atoms with Gasteiger partial charge < -0.3 is 4.42 Å². The fourth-order valence-corrected chi connectivity index (χ4v) is 3.76. The Hall–Kier alpha value is -2.68. The van der Waals surface area contributed by atoms with E-state index in [0.717, 1.165) is 21.9 Å². The Kier molecular flexibility index (Phi) is 3.60. The average Bonchev–Trinajstić information content (AvgIpc) is 2.94. The second-order valence-electron chi connectivity index (χ2n) is 7.15. The smallest absolute Gasteiger partial charge is 0.227 e. The summed E-state index contributed by atoms with van der Waals surface area (Å²) in [7, 11) is 2.10. The second kappa shape index (κ2) is 5.69. The van der Waals surface area contributed by atoms with Crippen molar-refractivity contribution in [2.75, 3.05) is 0 Å². The van der Waals surface area contributed by atoms with Crippen LogP contribution in [0.25, 0.3) is 33.3 Å². The van der Waals surface area contributed by atoms with Crippen molar-refractivity contribution in [2.24, 2.45) is 7.05 Å². The third-order valence-corrected chi connectivity index (χ3v) is 5.02. The first kappa shape index (κ1) is 15.8. The molecule has 0 bridgehead atoms. The number of nitrogens with zero attached hydrogens (tertiary/aromatic N) is 2. The zero-order valence-electron chi connectivity index (χ0n) is 15.4. The number of fused-ring (bicyclic) bond motifs is 3. The van der Waals surface area contributed by atoms with Gasteiger partial charge in [-0.05, 0) is 43.0 Å². The fourth-order valence-electron chi connectivity index (χ4n) is 3.76.